The zero-order valence-electron chi connectivity index (χ0n) is 9.41. The highest BCUT2D eigenvalue weighted by Gasteiger charge is 2.31. The van der Waals surface area contributed by atoms with Gasteiger partial charge < -0.3 is 0 Å². The molecule has 0 saturated heterocycles. The van der Waals surface area contributed by atoms with Crippen LogP contribution in [0.25, 0.3) is 11.3 Å². The van der Waals surface area contributed by atoms with Gasteiger partial charge in [0, 0.05) is 17.3 Å². The van der Waals surface area contributed by atoms with Crippen LogP contribution >= 0.6 is 11.6 Å². The van der Waals surface area contributed by atoms with Crippen LogP contribution in [-0.2, 0) is 6.18 Å². The van der Waals surface area contributed by atoms with Crippen molar-refractivity contribution in [3.05, 3.63) is 52.7 Å². The second kappa shape index (κ2) is 5.01. The van der Waals surface area contributed by atoms with Gasteiger partial charge in [0.15, 0.2) is 6.29 Å². The molecule has 0 radical (unpaired) electrons. The molecule has 0 amide bonds. The summed E-state index contributed by atoms with van der Waals surface area (Å²) in [5, 5.41) is 0.106. The van der Waals surface area contributed by atoms with Gasteiger partial charge in [0.2, 0.25) is 0 Å². The number of aldehydes is 1. The average molecular weight is 286 g/mol. The fraction of sp³-hybridized carbons (Fsp3) is 0.0769. The van der Waals surface area contributed by atoms with E-state index in [1.807, 2.05) is 0 Å². The molecule has 2 aromatic rings. The van der Waals surface area contributed by atoms with Crippen molar-refractivity contribution in [2.24, 2.45) is 0 Å². The monoisotopic (exact) mass is 285 g/mol. The molecule has 19 heavy (non-hydrogen) atoms. The zero-order valence-corrected chi connectivity index (χ0v) is 10.2. The number of alkyl halides is 3. The Hall–Kier alpha value is -1.88. The Morgan fingerprint density at radius 1 is 1.21 bits per heavy atom. The van der Waals surface area contributed by atoms with E-state index in [4.69, 9.17) is 11.6 Å². The molecule has 1 aromatic heterocycles. The van der Waals surface area contributed by atoms with Crippen LogP contribution < -0.4 is 0 Å². The first-order chi connectivity index (χ1) is 8.93. The molecule has 0 aliphatic heterocycles. The van der Waals surface area contributed by atoms with Gasteiger partial charge in [-0.1, -0.05) is 11.6 Å². The number of nitrogens with zero attached hydrogens (tertiary/aromatic N) is 1. The lowest BCUT2D eigenvalue weighted by Crippen LogP contribution is -2.05. The lowest BCUT2D eigenvalue weighted by molar-refractivity contribution is -0.137. The van der Waals surface area contributed by atoms with Gasteiger partial charge in [-0.15, -0.1) is 0 Å². The number of benzene rings is 1. The van der Waals surface area contributed by atoms with Crippen LogP contribution in [-0.4, -0.2) is 11.3 Å². The van der Waals surface area contributed by atoms with Crippen LogP contribution in [0.1, 0.15) is 15.9 Å². The highest BCUT2D eigenvalue weighted by atomic mass is 35.5. The fourth-order valence-electron chi connectivity index (χ4n) is 1.62. The number of carbonyl (C=O) groups is 1. The van der Waals surface area contributed by atoms with Crippen molar-refractivity contribution in [1.82, 2.24) is 4.98 Å². The Bertz CT molecular complexity index is 626. The maximum Gasteiger partial charge on any atom is 0.416 e. The lowest BCUT2D eigenvalue weighted by atomic mass is 10.0. The Morgan fingerprint density at radius 2 is 1.95 bits per heavy atom. The van der Waals surface area contributed by atoms with E-state index < -0.39 is 11.7 Å². The summed E-state index contributed by atoms with van der Waals surface area (Å²) in [5.41, 5.74) is -0.439. The van der Waals surface area contributed by atoms with E-state index in [1.165, 1.54) is 18.3 Å². The van der Waals surface area contributed by atoms with E-state index in [-0.39, 0.29) is 21.8 Å². The molecule has 0 aliphatic carbocycles. The van der Waals surface area contributed by atoms with E-state index in [0.29, 0.717) is 6.29 Å². The van der Waals surface area contributed by atoms with Crippen LogP contribution in [0.4, 0.5) is 13.2 Å². The number of pyridine rings is 1. The van der Waals surface area contributed by atoms with E-state index in [0.717, 1.165) is 18.2 Å². The van der Waals surface area contributed by atoms with Gasteiger partial charge in [-0.3, -0.25) is 9.78 Å². The number of carbonyl (C=O) groups excluding carboxylic acids is 1. The van der Waals surface area contributed by atoms with Crippen LogP contribution in [0.2, 0.25) is 5.02 Å². The maximum absolute atomic E-state index is 12.7. The van der Waals surface area contributed by atoms with Crippen LogP contribution in [0.5, 0.6) is 0 Å². The molecule has 0 aliphatic rings. The summed E-state index contributed by atoms with van der Waals surface area (Å²) in [6, 6.07) is 5.90. The molecule has 0 N–H and O–H groups in total. The first-order valence-electron chi connectivity index (χ1n) is 5.21. The predicted octanol–water partition coefficient (Wildman–Crippen LogP) is 4.23. The first-order valence-corrected chi connectivity index (χ1v) is 5.58. The molecule has 1 heterocycles. The number of halogens is 4. The first kappa shape index (κ1) is 13.5. The molecule has 0 bridgehead atoms. The summed E-state index contributed by atoms with van der Waals surface area (Å²) in [7, 11) is 0. The molecule has 0 saturated carbocycles. The molecular weight excluding hydrogens is 279 g/mol. The van der Waals surface area contributed by atoms with Crippen molar-refractivity contribution in [1.29, 1.82) is 0 Å². The quantitative estimate of drug-likeness (QED) is 0.773. The average Bonchev–Trinajstić information content (AvgIpc) is 2.38. The normalized spacial score (nSPS) is 11.4. The van der Waals surface area contributed by atoms with Gasteiger partial charge in [0.25, 0.3) is 0 Å². The molecule has 2 nitrogen and oxygen atoms in total. The lowest BCUT2D eigenvalue weighted by Gasteiger charge is -2.11. The third-order valence-corrected chi connectivity index (χ3v) is 2.84. The van der Waals surface area contributed by atoms with Gasteiger partial charge in [-0.25, -0.2) is 0 Å². The Labute approximate surface area is 111 Å². The van der Waals surface area contributed by atoms with E-state index in [9.17, 15) is 18.0 Å². The van der Waals surface area contributed by atoms with Crippen molar-refractivity contribution in [3.8, 4) is 11.3 Å². The highest BCUT2D eigenvalue weighted by molar-refractivity contribution is 6.33. The molecule has 0 atom stereocenters. The maximum atomic E-state index is 12.7. The van der Waals surface area contributed by atoms with Crippen molar-refractivity contribution in [2.45, 2.75) is 6.18 Å². The third kappa shape index (κ3) is 2.76. The summed E-state index contributed by atoms with van der Waals surface area (Å²) >= 11 is 5.89. The Morgan fingerprint density at radius 3 is 2.58 bits per heavy atom. The molecule has 98 valence electrons. The van der Waals surface area contributed by atoms with Crippen LogP contribution in [0.15, 0.2) is 36.5 Å². The Kier molecular flexibility index (Phi) is 3.57. The van der Waals surface area contributed by atoms with Crippen molar-refractivity contribution in [3.63, 3.8) is 0 Å². The number of rotatable bonds is 2. The van der Waals surface area contributed by atoms with Crippen molar-refractivity contribution < 1.29 is 18.0 Å². The van der Waals surface area contributed by atoms with Crippen molar-refractivity contribution in [2.75, 3.05) is 0 Å². The highest BCUT2D eigenvalue weighted by Crippen LogP contribution is 2.35. The van der Waals surface area contributed by atoms with Gasteiger partial charge in [-0.2, -0.15) is 13.2 Å². The summed E-state index contributed by atoms with van der Waals surface area (Å²) in [6.07, 6.45) is -2.56. The topological polar surface area (TPSA) is 30.0 Å². The Balaban J connectivity index is 2.65. The molecule has 0 spiro atoms. The van der Waals surface area contributed by atoms with Crippen molar-refractivity contribution >= 4 is 17.9 Å². The second-order valence-corrected chi connectivity index (χ2v) is 4.16. The summed E-state index contributed by atoms with van der Waals surface area (Å²) < 4.78 is 38.0. The van der Waals surface area contributed by atoms with Gasteiger partial charge >= 0.3 is 6.18 Å². The molecule has 1 aromatic carbocycles. The fourth-order valence-corrected chi connectivity index (χ4v) is 1.83. The number of hydrogen-bond acceptors (Lipinski definition) is 2. The minimum absolute atomic E-state index is 0.0826. The minimum Gasteiger partial charge on any atom is -0.298 e. The summed E-state index contributed by atoms with van der Waals surface area (Å²) in [6.45, 7) is 0. The van der Waals surface area contributed by atoms with E-state index in [2.05, 4.69) is 4.98 Å². The number of hydrogen-bond donors (Lipinski definition) is 0. The predicted molar refractivity (Wildman–Crippen MR) is 65.1 cm³/mol. The molecular formula is C13H7ClF3NO. The minimum atomic E-state index is -4.48. The largest absolute Gasteiger partial charge is 0.416 e. The zero-order chi connectivity index (χ0) is 14.0. The molecule has 2 rings (SSSR count). The summed E-state index contributed by atoms with van der Waals surface area (Å²) in [5.74, 6) is 0. The standard InChI is InChI=1S/C13H7ClF3NO/c14-11-4-3-9(13(15,16)17)6-10(11)12-8(7-19)2-1-5-18-12/h1-7H. The van der Waals surface area contributed by atoms with Crippen LogP contribution in [0.3, 0.4) is 0 Å². The van der Waals surface area contributed by atoms with Gasteiger partial charge in [0.1, 0.15) is 0 Å². The van der Waals surface area contributed by atoms with E-state index >= 15 is 0 Å². The number of aromatic nitrogens is 1. The van der Waals surface area contributed by atoms with E-state index in [1.54, 1.807) is 0 Å². The summed E-state index contributed by atoms with van der Waals surface area (Å²) in [4.78, 5) is 14.8. The SMILES string of the molecule is O=Cc1cccnc1-c1cc(C(F)(F)F)ccc1Cl. The second-order valence-electron chi connectivity index (χ2n) is 3.75. The smallest absolute Gasteiger partial charge is 0.298 e. The molecule has 0 fully saturated rings. The van der Waals surface area contributed by atoms with Gasteiger partial charge in [0.05, 0.1) is 16.3 Å². The third-order valence-electron chi connectivity index (χ3n) is 2.51. The van der Waals surface area contributed by atoms with Gasteiger partial charge in [-0.05, 0) is 30.3 Å². The molecule has 0 unspecified atom stereocenters. The molecule has 6 heteroatoms. The van der Waals surface area contributed by atoms with Crippen LogP contribution in [0, 0.1) is 0 Å².